The fourth-order valence-electron chi connectivity index (χ4n) is 4.73. The second-order valence-corrected chi connectivity index (χ2v) is 11.2. The van der Waals surface area contributed by atoms with Gasteiger partial charge in [-0.15, -0.1) is 13.2 Å². The average molecular weight is 508 g/mol. The van der Waals surface area contributed by atoms with E-state index in [2.05, 4.69) is 45.9 Å². The third kappa shape index (κ3) is 43.5. The van der Waals surface area contributed by atoms with Crippen LogP contribution in [0.4, 0.5) is 0 Å². The van der Waals surface area contributed by atoms with Crippen molar-refractivity contribution in [3.8, 4) is 0 Å². The highest BCUT2D eigenvalue weighted by atomic mass is 15.1. The van der Waals surface area contributed by atoms with Crippen LogP contribution in [0.1, 0.15) is 176 Å². The lowest BCUT2D eigenvalue weighted by Crippen LogP contribution is -2.20. The van der Waals surface area contributed by atoms with Gasteiger partial charge in [0.25, 0.3) is 0 Å². The fourth-order valence-corrected chi connectivity index (χ4v) is 4.73. The number of unbranched alkanes of at least 4 members (excludes halogenated alkanes) is 17. The van der Waals surface area contributed by atoms with Crippen molar-refractivity contribution in [3.63, 3.8) is 0 Å². The van der Waals surface area contributed by atoms with Crippen LogP contribution in [-0.4, -0.2) is 25.0 Å². The molecule has 0 saturated carbocycles. The van der Waals surface area contributed by atoms with Crippen LogP contribution >= 0.6 is 0 Å². The maximum Gasteiger partial charge on any atom is -0.00218 e. The standard InChI is InChI=1S/C29H61N.2C3H6/c1-5-7-8-9-10-11-12-13-14-15-16-17-20-23-27-30(4)28-24-21-18-19-22-26-29(3)25-6-2;2*1-3-2/h29H,5-28H2,1-4H3;2*3H,1H2,2H3. The molecule has 0 amide bonds. The second-order valence-electron chi connectivity index (χ2n) is 11.2. The van der Waals surface area contributed by atoms with E-state index in [1.54, 1.807) is 12.2 Å². The van der Waals surface area contributed by atoms with Crippen molar-refractivity contribution in [1.82, 2.24) is 4.90 Å². The normalized spacial score (nSPS) is 11.3. The van der Waals surface area contributed by atoms with Crippen molar-refractivity contribution in [1.29, 1.82) is 0 Å². The number of nitrogens with zero attached hydrogens (tertiary/aromatic N) is 1. The van der Waals surface area contributed by atoms with Crippen LogP contribution in [0.2, 0.25) is 0 Å². The Balaban J connectivity index is -0.00000163. The zero-order valence-corrected chi connectivity index (χ0v) is 26.6. The third-order valence-electron chi connectivity index (χ3n) is 6.91. The van der Waals surface area contributed by atoms with Crippen molar-refractivity contribution >= 4 is 0 Å². The van der Waals surface area contributed by atoms with Crippen LogP contribution in [0.15, 0.2) is 25.3 Å². The molecule has 36 heavy (non-hydrogen) atoms. The summed E-state index contributed by atoms with van der Waals surface area (Å²) in [4.78, 5) is 2.57. The summed E-state index contributed by atoms with van der Waals surface area (Å²) in [5.41, 5.74) is 0. The SMILES string of the molecule is C=CC.C=CC.CCCCCCCCCCCCCCCCN(C)CCCCCCCC(C)CCC. The summed E-state index contributed by atoms with van der Waals surface area (Å²) in [6.45, 7) is 20.2. The number of hydrogen-bond donors (Lipinski definition) is 0. The molecule has 0 radical (unpaired) electrons. The summed E-state index contributed by atoms with van der Waals surface area (Å²) in [6, 6.07) is 0. The Bertz CT molecular complexity index is 369. The largest absolute Gasteiger partial charge is 0.306 e. The van der Waals surface area contributed by atoms with Crippen LogP contribution < -0.4 is 0 Å². The molecule has 0 aromatic carbocycles. The number of allylic oxidation sites excluding steroid dienone is 2. The van der Waals surface area contributed by atoms with Crippen LogP contribution in [0.3, 0.4) is 0 Å². The highest BCUT2D eigenvalue weighted by Gasteiger charge is 2.01. The molecule has 0 saturated heterocycles. The van der Waals surface area contributed by atoms with E-state index < -0.39 is 0 Å². The van der Waals surface area contributed by atoms with Gasteiger partial charge in [0.2, 0.25) is 0 Å². The highest BCUT2D eigenvalue weighted by Crippen LogP contribution is 2.16. The Kier molecular flexibility index (Phi) is 43.2. The summed E-state index contributed by atoms with van der Waals surface area (Å²) in [6.07, 6.45) is 35.3. The Morgan fingerprint density at radius 3 is 1.14 bits per heavy atom. The Morgan fingerprint density at radius 1 is 0.500 bits per heavy atom. The van der Waals surface area contributed by atoms with Crippen molar-refractivity contribution in [2.45, 2.75) is 176 Å². The summed E-state index contributed by atoms with van der Waals surface area (Å²) >= 11 is 0. The zero-order valence-electron chi connectivity index (χ0n) is 26.6. The molecule has 0 rings (SSSR count). The van der Waals surface area contributed by atoms with Gasteiger partial charge >= 0.3 is 0 Å². The third-order valence-corrected chi connectivity index (χ3v) is 6.91. The van der Waals surface area contributed by atoms with Crippen molar-refractivity contribution < 1.29 is 0 Å². The monoisotopic (exact) mass is 508 g/mol. The average Bonchev–Trinajstić information content (AvgIpc) is 2.85. The van der Waals surface area contributed by atoms with Crippen LogP contribution in [0.25, 0.3) is 0 Å². The molecule has 1 nitrogen and oxygen atoms in total. The van der Waals surface area contributed by atoms with Gasteiger partial charge < -0.3 is 4.90 Å². The van der Waals surface area contributed by atoms with Crippen molar-refractivity contribution in [3.05, 3.63) is 25.3 Å². The molecule has 0 aliphatic carbocycles. The predicted molar refractivity (Wildman–Crippen MR) is 171 cm³/mol. The maximum atomic E-state index is 3.36. The molecule has 0 aliphatic heterocycles. The van der Waals surface area contributed by atoms with E-state index in [-0.39, 0.29) is 0 Å². The van der Waals surface area contributed by atoms with E-state index in [0.29, 0.717) is 0 Å². The first-order valence-corrected chi connectivity index (χ1v) is 16.4. The smallest absolute Gasteiger partial charge is 0.00218 e. The summed E-state index contributed by atoms with van der Waals surface area (Å²) in [7, 11) is 2.33. The minimum Gasteiger partial charge on any atom is -0.306 e. The zero-order chi connectivity index (χ0) is 27.5. The van der Waals surface area contributed by atoms with Gasteiger partial charge in [-0.3, -0.25) is 0 Å². The van der Waals surface area contributed by atoms with Gasteiger partial charge in [-0.2, -0.15) is 0 Å². The van der Waals surface area contributed by atoms with Gasteiger partial charge in [0.1, 0.15) is 0 Å². The minimum absolute atomic E-state index is 0.950. The molecule has 0 spiro atoms. The van der Waals surface area contributed by atoms with E-state index >= 15 is 0 Å². The molecule has 0 aromatic rings. The topological polar surface area (TPSA) is 3.24 Å². The Hall–Kier alpha value is -0.560. The minimum atomic E-state index is 0.950. The second kappa shape index (κ2) is 39.0. The first-order chi connectivity index (χ1) is 17.5. The van der Waals surface area contributed by atoms with Crippen LogP contribution in [0, 0.1) is 5.92 Å². The van der Waals surface area contributed by atoms with E-state index in [1.165, 1.54) is 154 Å². The van der Waals surface area contributed by atoms with Gasteiger partial charge in [0.15, 0.2) is 0 Å². The van der Waals surface area contributed by atoms with E-state index in [9.17, 15) is 0 Å². The molecule has 0 heterocycles. The molecular weight excluding hydrogens is 434 g/mol. The molecule has 0 N–H and O–H groups in total. The lowest BCUT2D eigenvalue weighted by atomic mass is 9.98. The highest BCUT2D eigenvalue weighted by molar-refractivity contribution is 4.57. The van der Waals surface area contributed by atoms with Crippen molar-refractivity contribution in [2.75, 3.05) is 20.1 Å². The van der Waals surface area contributed by atoms with Gasteiger partial charge in [-0.25, -0.2) is 0 Å². The van der Waals surface area contributed by atoms with E-state index in [1.807, 2.05) is 13.8 Å². The fraction of sp³-hybridized carbons (Fsp3) is 0.886. The lowest BCUT2D eigenvalue weighted by molar-refractivity contribution is 0.313. The number of rotatable bonds is 25. The molecule has 1 heteroatoms. The van der Waals surface area contributed by atoms with E-state index in [4.69, 9.17) is 0 Å². The molecule has 1 unspecified atom stereocenters. The predicted octanol–water partition coefficient (Wildman–Crippen LogP) is 12.6. The van der Waals surface area contributed by atoms with Gasteiger partial charge in [0, 0.05) is 0 Å². The molecule has 1 atom stereocenters. The van der Waals surface area contributed by atoms with Gasteiger partial charge in [-0.1, -0.05) is 161 Å². The summed E-state index contributed by atoms with van der Waals surface area (Å²) < 4.78 is 0. The molecule has 0 fully saturated rings. The summed E-state index contributed by atoms with van der Waals surface area (Å²) in [5.74, 6) is 0.950. The first-order valence-electron chi connectivity index (χ1n) is 16.4. The number of hydrogen-bond acceptors (Lipinski definition) is 1. The van der Waals surface area contributed by atoms with Crippen LogP contribution in [0.5, 0.6) is 0 Å². The Labute approximate surface area is 232 Å². The first kappa shape index (κ1) is 39.9. The molecule has 0 aliphatic rings. The molecule has 0 aromatic heterocycles. The quantitative estimate of drug-likeness (QED) is 0.0876. The maximum absolute atomic E-state index is 3.36. The van der Waals surface area contributed by atoms with Crippen LogP contribution in [-0.2, 0) is 0 Å². The molecular formula is C35H73N. The Morgan fingerprint density at radius 2 is 0.806 bits per heavy atom. The summed E-state index contributed by atoms with van der Waals surface area (Å²) in [5, 5.41) is 0. The molecule has 218 valence electrons. The van der Waals surface area contributed by atoms with E-state index in [0.717, 1.165) is 5.92 Å². The van der Waals surface area contributed by atoms with Gasteiger partial charge in [0.05, 0.1) is 0 Å². The van der Waals surface area contributed by atoms with Gasteiger partial charge in [-0.05, 0) is 52.7 Å². The van der Waals surface area contributed by atoms with Crippen molar-refractivity contribution in [2.24, 2.45) is 5.92 Å². The lowest BCUT2D eigenvalue weighted by Gasteiger charge is -2.16. The molecule has 0 bridgehead atoms.